The zero-order chi connectivity index (χ0) is 57.1. The van der Waals surface area contributed by atoms with Crippen LogP contribution < -0.4 is 0 Å². The summed E-state index contributed by atoms with van der Waals surface area (Å²) in [6.07, 6.45) is 0. The maximum atomic E-state index is 11.1. The van der Waals surface area contributed by atoms with Crippen molar-refractivity contribution in [3.63, 3.8) is 0 Å². The lowest BCUT2D eigenvalue weighted by Crippen LogP contribution is -2.04. The molecule has 18 aromatic rings. The minimum absolute atomic E-state index is 0.375. The molecule has 0 saturated heterocycles. The Morgan fingerprint density at radius 3 is 1.09 bits per heavy atom. The SMILES string of the molecule is N#Cc1cc(-n2c3ccccc3c3c4oc5ccccc5c4ccc32)c(C#N)cc1-n1c2ccccc2c2cc(-c3ccc4c(c3)oc3c4ccc4c3c3ccccc3n4-c3cc(-n4c5ccccc5c5ccccc54)c(C#N)cc3C#N)ccc21. The highest BCUT2D eigenvalue weighted by Crippen LogP contribution is 2.46. The summed E-state index contributed by atoms with van der Waals surface area (Å²) in [4.78, 5) is 0. The first-order valence-electron chi connectivity index (χ1n) is 28.2. The summed E-state index contributed by atoms with van der Waals surface area (Å²) in [5.41, 5.74) is 16.4. The molecule has 10 nitrogen and oxygen atoms in total. The van der Waals surface area contributed by atoms with Crippen LogP contribution in [0.5, 0.6) is 0 Å². The van der Waals surface area contributed by atoms with Crippen LogP contribution in [0.4, 0.5) is 0 Å². The van der Waals surface area contributed by atoms with Crippen molar-refractivity contribution in [1.29, 1.82) is 21.0 Å². The summed E-state index contributed by atoms with van der Waals surface area (Å²) in [7, 11) is 0. The molecular formula is C76H38N8O2. The van der Waals surface area contributed by atoms with Gasteiger partial charge in [-0.2, -0.15) is 21.0 Å². The van der Waals surface area contributed by atoms with Gasteiger partial charge >= 0.3 is 0 Å². The van der Waals surface area contributed by atoms with Crippen LogP contribution in [0.25, 0.3) is 165 Å². The summed E-state index contributed by atoms with van der Waals surface area (Å²) < 4.78 is 22.1. The van der Waals surface area contributed by atoms with Crippen molar-refractivity contribution < 1.29 is 8.83 Å². The number of fused-ring (bicyclic) bond motifs is 20. The maximum Gasteiger partial charge on any atom is 0.145 e. The minimum atomic E-state index is 0.375. The van der Waals surface area contributed by atoms with Gasteiger partial charge < -0.3 is 27.1 Å². The number of nitriles is 4. The van der Waals surface area contributed by atoms with Crippen molar-refractivity contribution >= 4 is 131 Å². The van der Waals surface area contributed by atoms with E-state index in [4.69, 9.17) is 8.83 Å². The van der Waals surface area contributed by atoms with E-state index in [2.05, 4.69) is 170 Å². The molecule has 0 aliphatic carbocycles. The number of nitrogens with zero attached hydrogens (tertiary/aromatic N) is 8. The third kappa shape index (κ3) is 6.28. The van der Waals surface area contributed by atoms with Gasteiger partial charge in [0.1, 0.15) is 46.6 Å². The molecule has 6 heterocycles. The summed E-state index contributed by atoms with van der Waals surface area (Å²) in [6.45, 7) is 0. The van der Waals surface area contributed by atoms with Crippen molar-refractivity contribution in [2.45, 2.75) is 0 Å². The average molecular weight is 1100 g/mol. The van der Waals surface area contributed by atoms with E-state index in [0.717, 1.165) is 142 Å². The summed E-state index contributed by atoms with van der Waals surface area (Å²) in [5.74, 6) is 0. The fourth-order valence-corrected chi connectivity index (χ4v) is 14.1. The summed E-state index contributed by atoms with van der Waals surface area (Å²) >= 11 is 0. The average Bonchev–Trinajstić information content (AvgIpc) is 1.65. The predicted molar refractivity (Wildman–Crippen MR) is 343 cm³/mol. The normalized spacial score (nSPS) is 11.9. The van der Waals surface area contributed by atoms with E-state index in [9.17, 15) is 21.0 Å². The third-order valence-electron chi connectivity index (χ3n) is 17.7. The molecule has 10 heteroatoms. The standard InChI is InChI=1S/C76H38N8O2/c77-39-45-33-46(40-78)70(38-69(45)81-59-19-7-1-13-49(59)50-14-2-8-20-60(50)81)84-63-23-11-5-18-57(63)74-66(84)32-29-55-53-27-25-44(37-72(53)86-76(55)74)43-26-30-64-58(34-43)51-15-3-9-21-61(51)82(64)67-35-48(42-80)68(36-47(67)41-79)83-62-22-10-4-17-56(62)73-65(83)31-28-54-52-16-6-12-24-71(52)85-75(54)73/h1-38H. The van der Waals surface area contributed by atoms with Crippen LogP contribution in [-0.2, 0) is 0 Å². The Hall–Kier alpha value is -12.6. The first-order valence-corrected chi connectivity index (χ1v) is 28.2. The Kier molecular flexibility index (Phi) is 9.56. The third-order valence-corrected chi connectivity index (χ3v) is 17.7. The molecule has 6 aromatic heterocycles. The van der Waals surface area contributed by atoms with E-state index in [0.29, 0.717) is 45.0 Å². The number of aromatic nitrogens is 4. The van der Waals surface area contributed by atoms with Gasteiger partial charge in [-0.05, 0) is 120 Å². The molecule has 0 bridgehead atoms. The van der Waals surface area contributed by atoms with Gasteiger partial charge in [-0.1, -0.05) is 121 Å². The van der Waals surface area contributed by atoms with Crippen molar-refractivity contribution in [3.8, 4) is 58.2 Å². The van der Waals surface area contributed by atoms with Gasteiger partial charge in [-0.15, -0.1) is 0 Å². The fraction of sp³-hybridized carbons (Fsp3) is 0. The smallest absolute Gasteiger partial charge is 0.145 e. The number of para-hydroxylation sites is 6. The molecule has 394 valence electrons. The molecule has 0 saturated carbocycles. The molecule has 0 amide bonds. The van der Waals surface area contributed by atoms with E-state index in [1.807, 2.05) is 97.1 Å². The van der Waals surface area contributed by atoms with Crippen LogP contribution in [0.15, 0.2) is 239 Å². The second kappa shape index (κ2) is 17.5. The van der Waals surface area contributed by atoms with Crippen LogP contribution in [0.1, 0.15) is 22.3 Å². The second-order valence-corrected chi connectivity index (χ2v) is 22.0. The molecular weight excluding hydrogens is 1060 g/mol. The lowest BCUT2D eigenvalue weighted by molar-refractivity contribution is 0.672. The van der Waals surface area contributed by atoms with Gasteiger partial charge in [0.2, 0.25) is 0 Å². The van der Waals surface area contributed by atoms with Gasteiger partial charge in [0.05, 0.1) is 99.9 Å². The van der Waals surface area contributed by atoms with Crippen molar-refractivity contribution in [2.24, 2.45) is 0 Å². The zero-order valence-electron chi connectivity index (χ0n) is 45.3. The summed E-state index contributed by atoms with van der Waals surface area (Å²) in [6, 6.07) is 87.5. The maximum absolute atomic E-state index is 11.1. The Morgan fingerprint density at radius 2 is 0.581 bits per heavy atom. The second-order valence-electron chi connectivity index (χ2n) is 22.0. The van der Waals surface area contributed by atoms with E-state index in [1.54, 1.807) is 6.07 Å². The number of hydrogen-bond donors (Lipinski definition) is 0. The molecule has 86 heavy (non-hydrogen) atoms. The molecule has 18 rings (SSSR count). The molecule has 0 spiro atoms. The largest absolute Gasteiger partial charge is 0.455 e. The lowest BCUT2D eigenvalue weighted by atomic mass is 10.0. The van der Waals surface area contributed by atoms with Crippen LogP contribution in [0.2, 0.25) is 0 Å². The van der Waals surface area contributed by atoms with E-state index >= 15 is 0 Å². The van der Waals surface area contributed by atoms with Crippen LogP contribution in [0, 0.1) is 45.3 Å². The molecule has 0 radical (unpaired) electrons. The highest BCUT2D eigenvalue weighted by molar-refractivity contribution is 6.26. The minimum Gasteiger partial charge on any atom is -0.455 e. The Bertz CT molecular complexity index is 6230. The molecule has 0 N–H and O–H groups in total. The molecule has 0 aliphatic heterocycles. The van der Waals surface area contributed by atoms with Crippen LogP contribution >= 0.6 is 0 Å². The Labute approximate surface area is 487 Å². The van der Waals surface area contributed by atoms with E-state index < -0.39 is 0 Å². The predicted octanol–water partition coefficient (Wildman–Crippen LogP) is 19.0. The van der Waals surface area contributed by atoms with Crippen LogP contribution in [0.3, 0.4) is 0 Å². The van der Waals surface area contributed by atoms with E-state index in [-0.39, 0.29) is 0 Å². The lowest BCUT2D eigenvalue weighted by Gasteiger charge is -2.16. The fourth-order valence-electron chi connectivity index (χ4n) is 14.1. The van der Waals surface area contributed by atoms with Gasteiger partial charge in [0.15, 0.2) is 0 Å². The Morgan fingerprint density at radius 1 is 0.244 bits per heavy atom. The van der Waals surface area contributed by atoms with Gasteiger partial charge in [-0.3, -0.25) is 0 Å². The van der Waals surface area contributed by atoms with Crippen molar-refractivity contribution in [1.82, 2.24) is 18.3 Å². The zero-order valence-corrected chi connectivity index (χ0v) is 45.3. The quantitative estimate of drug-likeness (QED) is 0.168. The monoisotopic (exact) mass is 1090 g/mol. The number of rotatable bonds is 5. The summed E-state index contributed by atoms with van der Waals surface area (Å²) in [5, 5.41) is 55.7. The van der Waals surface area contributed by atoms with Gasteiger partial charge in [-0.25, -0.2) is 0 Å². The number of hydrogen-bond acceptors (Lipinski definition) is 6. The van der Waals surface area contributed by atoms with Crippen LogP contribution in [-0.4, -0.2) is 18.3 Å². The number of furan rings is 2. The molecule has 0 aliphatic rings. The van der Waals surface area contributed by atoms with Gasteiger partial charge in [0.25, 0.3) is 0 Å². The van der Waals surface area contributed by atoms with Crippen molar-refractivity contribution in [3.05, 3.63) is 253 Å². The molecule has 0 atom stereocenters. The Balaban J connectivity index is 0.776. The first kappa shape index (κ1) is 47.1. The first-order chi connectivity index (χ1) is 42.5. The molecule has 0 unspecified atom stereocenters. The van der Waals surface area contributed by atoms with E-state index in [1.165, 1.54) is 0 Å². The molecule has 12 aromatic carbocycles. The van der Waals surface area contributed by atoms with Crippen molar-refractivity contribution in [2.75, 3.05) is 0 Å². The topological polar surface area (TPSA) is 141 Å². The van der Waals surface area contributed by atoms with Gasteiger partial charge in [0, 0.05) is 53.9 Å². The highest BCUT2D eigenvalue weighted by Gasteiger charge is 2.26. The number of benzene rings is 12. The highest BCUT2D eigenvalue weighted by atomic mass is 16.3. The molecule has 0 fully saturated rings.